The number of hydrogen-bond acceptors (Lipinski definition) is 0. The monoisotopic (exact) mass is 322 g/mol. The molecule has 2 atom stereocenters. The highest BCUT2D eigenvalue weighted by molar-refractivity contribution is 9.09. The van der Waals surface area contributed by atoms with Crippen molar-refractivity contribution < 1.29 is 0 Å². The Kier molecular flexibility index (Phi) is 4.76. The molecule has 1 aliphatic rings. The van der Waals surface area contributed by atoms with Crippen LogP contribution in [0.1, 0.15) is 56.2 Å². The van der Waals surface area contributed by atoms with Crippen molar-refractivity contribution in [3.05, 3.63) is 34.9 Å². The lowest BCUT2D eigenvalue weighted by Gasteiger charge is -2.41. The van der Waals surface area contributed by atoms with Gasteiger partial charge in [0, 0.05) is 4.83 Å². The summed E-state index contributed by atoms with van der Waals surface area (Å²) in [5.74, 6) is 0.808. The summed E-state index contributed by atoms with van der Waals surface area (Å²) >= 11 is 3.99. The zero-order chi connectivity index (χ0) is 14.0. The summed E-state index contributed by atoms with van der Waals surface area (Å²) in [5.41, 5.74) is 4.78. The van der Waals surface area contributed by atoms with Crippen molar-refractivity contribution in [2.45, 2.75) is 64.6 Å². The van der Waals surface area contributed by atoms with Gasteiger partial charge in [-0.05, 0) is 61.1 Å². The van der Waals surface area contributed by atoms with Gasteiger partial charge in [0.05, 0.1) is 0 Å². The molecule has 1 aromatic rings. The number of rotatable bonds is 3. The van der Waals surface area contributed by atoms with Gasteiger partial charge in [0.25, 0.3) is 0 Å². The van der Waals surface area contributed by atoms with Crippen LogP contribution in [0.2, 0.25) is 0 Å². The van der Waals surface area contributed by atoms with Crippen LogP contribution in [0.5, 0.6) is 0 Å². The Balaban J connectivity index is 2.07. The largest absolute Gasteiger partial charge is 0.0884 e. The van der Waals surface area contributed by atoms with E-state index in [0.29, 0.717) is 10.2 Å². The molecule has 1 saturated carbocycles. The van der Waals surface area contributed by atoms with E-state index in [0.717, 1.165) is 12.3 Å². The van der Waals surface area contributed by atoms with Crippen molar-refractivity contribution in [2.24, 2.45) is 11.3 Å². The van der Waals surface area contributed by atoms with Crippen molar-refractivity contribution >= 4 is 15.9 Å². The summed E-state index contributed by atoms with van der Waals surface area (Å²) in [4.78, 5) is 0.616. The maximum absolute atomic E-state index is 3.99. The molecule has 1 fully saturated rings. The second-order valence-corrected chi connectivity index (χ2v) is 8.16. The first-order chi connectivity index (χ1) is 8.90. The van der Waals surface area contributed by atoms with Crippen molar-refractivity contribution in [2.75, 3.05) is 0 Å². The van der Waals surface area contributed by atoms with Gasteiger partial charge in [0.2, 0.25) is 0 Å². The molecular formula is C18H27Br. The first-order valence-electron chi connectivity index (χ1n) is 7.60. The lowest BCUT2D eigenvalue weighted by Crippen LogP contribution is -2.35. The lowest BCUT2D eigenvalue weighted by atomic mass is 9.67. The zero-order valence-corrected chi connectivity index (χ0v) is 14.4. The number of alkyl halides is 1. The fraction of sp³-hybridized carbons (Fsp3) is 0.667. The first-order valence-corrected chi connectivity index (χ1v) is 8.52. The Hall–Kier alpha value is -0.300. The van der Waals surface area contributed by atoms with Gasteiger partial charge in [-0.15, -0.1) is 0 Å². The molecule has 0 heterocycles. The molecule has 106 valence electrons. The minimum Gasteiger partial charge on any atom is -0.0884 e. The normalized spacial score (nSPS) is 24.2. The Labute approximate surface area is 127 Å². The highest BCUT2D eigenvalue weighted by atomic mass is 79.9. The van der Waals surface area contributed by atoms with E-state index in [1.807, 2.05) is 0 Å². The van der Waals surface area contributed by atoms with E-state index in [1.165, 1.54) is 42.4 Å². The molecule has 0 aromatic heterocycles. The molecule has 2 rings (SSSR count). The molecule has 1 aromatic carbocycles. The summed E-state index contributed by atoms with van der Waals surface area (Å²) < 4.78 is 0. The van der Waals surface area contributed by atoms with E-state index >= 15 is 0 Å². The quantitative estimate of drug-likeness (QED) is 0.614. The lowest BCUT2D eigenvalue weighted by molar-refractivity contribution is 0.136. The van der Waals surface area contributed by atoms with Gasteiger partial charge < -0.3 is 0 Å². The van der Waals surface area contributed by atoms with Crippen molar-refractivity contribution in [1.82, 2.24) is 0 Å². The summed E-state index contributed by atoms with van der Waals surface area (Å²) in [6.07, 6.45) is 6.74. The Morgan fingerprint density at radius 2 is 1.95 bits per heavy atom. The maximum Gasteiger partial charge on any atom is 0.0219 e. The third-order valence-corrected chi connectivity index (χ3v) is 5.99. The summed E-state index contributed by atoms with van der Waals surface area (Å²) in [5, 5.41) is 0. The number of aryl methyl sites for hydroxylation is 2. The molecule has 19 heavy (non-hydrogen) atoms. The highest BCUT2D eigenvalue weighted by Gasteiger charge is 2.36. The molecule has 0 N–H and O–H groups in total. The smallest absolute Gasteiger partial charge is 0.0219 e. The van der Waals surface area contributed by atoms with E-state index in [9.17, 15) is 0 Å². The maximum atomic E-state index is 3.99. The van der Waals surface area contributed by atoms with Crippen LogP contribution in [0.15, 0.2) is 18.2 Å². The second kappa shape index (κ2) is 5.99. The van der Waals surface area contributed by atoms with Crippen molar-refractivity contribution in [3.63, 3.8) is 0 Å². The Morgan fingerprint density at radius 1 is 1.21 bits per heavy atom. The van der Waals surface area contributed by atoms with Gasteiger partial charge in [-0.25, -0.2) is 0 Å². The van der Waals surface area contributed by atoms with Crippen LogP contribution in [-0.2, 0) is 6.42 Å². The number of halogens is 1. The molecule has 1 aliphatic carbocycles. The van der Waals surface area contributed by atoms with Gasteiger partial charge in [-0.2, -0.15) is 0 Å². The summed E-state index contributed by atoms with van der Waals surface area (Å²) in [7, 11) is 0. The average Bonchev–Trinajstić information content (AvgIpc) is 2.33. The molecule has 0 radical (unpaired) electrons. The standard InChI is InChI=1S/C18H27Br/c1-13-8-9-15(11-14(13)2)12-17(19)16-7-5-6-10-18(16,3)4/h8-9,11,16-17H,5-7,10,12H2,1-4H3. The fourth-order valence-electron chi connectivity index (χ4n) is 3.49. The molecule has 1 heteroatoms. The Morgan fingerprint density at radius 3 is 2.58 bits per heavy atom. The van der Waals surface area contributed by atoms with Gasteiger partial charge in [-0.3, -0.25) is 0 Å². The van der Waals surface area contributed by atoms with E-state index in [1.54, 1.807) is 0 Å². The minimum atomic E-state index is 0.492. The number of hydrogen-bond donors (Lipinski definition) is 0. The van der Waals surface area contributed by atoms with E-state index in [2.05, 4.69) is 61.8 Å². The SMILES string of the molecule is Cc1ccc(CC(Br)C2CCCCC2(C)C)cc1C. The second-order valence-electron chi connectivity index (χ2n) is 6.98. The molecule has 0 nitrogen and oxygen atoms in total. The highest BCUT2D eigenvalue weighted by Crippen LogP contribution is 2.45. The van der Waals surface area contributed by atoms with Crippen LogP contribution >= 0.6 is 15.9 Å². The molecule has 0 amide bonds. The van der Waals surface area contributed by atoms with Crippen LogP contribution in [0, 0.1) is 25.2 Å². The zero-order valence-electron chi connectivity index (χ0n) is 12.8. The van der Waals surface area contributed by atoms with Crippen LogP contribution < -0.4 is 0 Å². The van der Waals surface area contributed by atoms with E-state index in [4.69, 9.17) is 0 Å². The van der Waals surface area contributed by atoms with Crippen LogP contribution in [0.25, 0.3) is 0 Å². The fourth-order valence-corrected chi connectivity index (χ4v) is 4.84. The van der Waals surface area contributed by atoms with Crippen molar-refractivity contribution in [1.29, 1.82) is 0 Å². The van der Waals surface area contributed by atoms with E-state index < -0.39 is 0 Å². The molecular weight excluding hydrogens is 296 g/mol. The van der Waals surface area contributed by atoms with Gasteiger partial charge in [0.15, 0.2) is 0 Å². The molecule has 0 spiro atoms. The predicted octanol–water partition coefficient (Wildman–Crippen LogP) is 5.83. The van der Waals surface area contributed by atoms with Crippen molar-refractivity contribution in [3.8, 4) is 0 Å². The molecule has 0 bridgehead atoms. The molecule has 2 unspecified atom stereocenters. The topological polar surface area (TPSA) is 0 Å². The molecule has 0 saturated heterocycles. The summed E-state index contributed by atoms with van der Waals surface area (Å²) in [6, 6.07) is 6.92. The molecule has 0 aliphatic heterocycles. The Bertz CT molecular complexity index is 433. The van der Waals surface area contributed by atoms with Gasteiger partial charge in [-0.1, -0.05) is 60.8 Å². The summed E-state index contributed by atoms with van der Waals surface area (Å²) in [6.45, 7) is 9.30. The third kappa shape index (κ3) is 3.62. The van der Waals surface area contributed by atoms with Gasteiger partial charge >= 0.3 is 0 Å². The third-order valence-electron chi connectivity index (χ3n) is 5.03. The first kappa shape index (κ1) is 15.1. The van der Waals surface area contributed by atoms with Crippen LogP contribution in [0.3, 0.4) is 0 Å². The predicted molar refractivity (Wildman–Crippen MR) is 88.1 cm³/mol. The van der Waals surface area contributed by atoms with E-state index in [-0.39, 0.29) is 0 Å². The number of benzene rings is 1. The van der Waals surface area contributed by atoms with Crippen LogP contribution in [0.4, 0.5) is 0 Å². The van der Waals surface area contributed by atoms with Gasteiger partial charge in [0.1, 0.15) is 0 Å². The average molecular weight is 323 g/mol. The van der Waals surface area contributed by atoms with Crippen LogP contribution in [-0.4, -0.2) is 4.83 Å². The minimum absolute atomic E-state index is 0.492.